The van der Waals surface area contributed by atoms with E-state index in [-0.39, 0.29) is 17.9 Å². The van der Waals surface area contributed by atoms with E-state index in [0.29, 0.717) is 19.5 Å². The second-order valence-corrected chi connectivity index (χ2v) is 5.81. The lowest BCUT2D eigenvalue weighted by Crippen LogP contribution is -2.42. The minimum Gasteiger partial charge on any atom is -0.481 e. The molecule has 1 aromatic rings. The van der Waals surface area contributed by atoms with E-state index in [4.69, 9.17) is 5.11 Å². The standard InChI is InChI=1S/C16H24N2O3/c1-12-7-4-5-8-13(12)16(2,3)11-18-15(21)17-10-6-9-14(19)20/h4-5,7-8H,6,9-11H2,1-3H3,(H,19,20)(H2,17,18,21). The maximum atomic E-state index is 11.7. The maximum Gasteiger partial charge on any atom is 0.314 e. The number of urea groups is 1. The second kappa shape index (κ2) is 7.67. The van der Waals surface area contributed by atoms with Gasteiger partial charge in [0, 0.05) is 24.9 Å². The molecular weight excluding hydrogens is 268 g/mol. The molecule has 0 saturated heterocycles. The van der Waals surface area contributed by atoms with Crippen LogP contribution in [-0.4, -0.2) is 30.2 Å². The van der Waals surface area contributed by atoms with Crippen LogP contribution >= 0.6 is 0 Å². The van der Waals surface area contributed by atoms with Crippen LogP contribution < -0.4 is 10.6 Å². The molecule has 5 heteroatoms. The normalized spacial score (nSPS) is 11.0. The second-order valence-electron chi connectivity index (χ2n) is 5.81. The minimum atomic E-state index is -0.849. The van der Waals surface area contributed by atoms with Crippen LogP contribution in [0.2, 0.25) is 0 Å². The van der Waals surface area contributed by atoms with Gasteiger partial charge in [-0.1, -0.05) is 38.1 Å². The first kappa shape index (κ1) is 17.0. The van der Waals surface area contributed by atoms with Crippen molar-refractivity contribution in [3.05, 3.63) is 35.4 Å². The van der Waals surface area contributed by atoms with Crippen LogP contribution in [0.4, 0.5) is 4.79 Å². The number of nitrogens with one attached hydrogen (secondary N) is 2. The van der Waals surface area contributed by atoms with E-state index in [9.17, 15) is 9.59 Å². The van der Waals surface area contributed by atoms with E-state index < -0.39 is 5.97 Å². The molecule has 0 unspecified atom stereocenters. The fourth-order valence-corrected chi connectivity index (χ4v) is 2.23. The third-order valence-corrected chi connectivity index (χ3v) is 3.42. The molecular formula is C16H24N2O3. The molecule has 116 valence electrons. The zero-order chi connectivity index (χ0) is 15.9. The molecule has 2 amide bonds. The number of hydrogen-bond acceptors (Lipinski definition) is 2. The molecule has 0 heterocycles. The summed E-state index contributed by atoms with van der Waals surface area (Å²) in [7, 11) is 0. The Bertz CT molecular complexity index is 498. The molecule has 0 atom stereocenters. The average molecular weight is 292 g/mol. The van der Waals surface area contributed by atoms with Crippen molar-refractivity contribution in [1.29, 1.82) is 0 Å². The summed E-state index contributed by atoms with van der Waals surface area (Å²) in [5.74, 6) is -0.849. The molecule has 0 radical (unpaired) electrons. The highest BCUT2D eigenvalue weighted by atomic mass is 16.4. The summed E-state index contributed by atoms with van der Waals surface area (Å²) in [6.45, 7) is 7.11. The predicted molar refractivity (Wildman–Crippen MR) is 82.5 cm³/mol. The predicted octanol–water partition coefficient (Wildman–Crippen LogP) is 2.44. The lowest BCUT2D eigenvalue weighted by atomic mass is 9.82. The van der Waals surface area contributed by atoms with E-state index in [1.807, 2.05) is 12.1 Å². The van der Waals surface area contributed by atoms with Crippen LogP contribution in [0.15, 0.2) is 24.3 Å². The van der Waals surface area contributed by atoms with Crippen LogP contribution in [0.3, 0.4) is 0 Å². The Morgan fingerprint density at radius 2 is 1.86 bits per heavy atom. The van der Waals surface area contributed by atoms with Gasteiger partial charge in [-0.15, -0.1) is 0 Å². The molecule has 0 aliphatic carbocycles. The van der Waals surface area contributed by atoms with Gasteiger partial charge >= 0.3 is 12.0 Å². The molecule has 1 rings (SSSR count). The van der Waals surface area contributed by atoms with Gasteiger partial charge in [0.2, 0.25) is 0 Å². The lowest BCUT2D eigenvalue weighted by Gasteiger charge is -2.27. The average Bonchev–Trinajstić information content (AvgIpc) is 2.41. The van der Waals surface area contributed by atoms with E-state index in [1.54, 1.807) is 0 Å². The molecule has 0 saturated carbocycles. The van der Waals surface area contributed by atoms with Crippen molar-refractivity contribution in [3.8, 4) is 0 Å². The number of hydrogen-bond donors (Lipinski definition) is 3. The van der Waals surface area contributed by atoms with Crippen LogP contribution in [0.5, 0.6) is 0 Å². The van der Waals surface area contributed by atoms with Crippen LogP contribution in [0.1, 0.15) is 37.8 Å². The molecule has 21 heavy (non-hydrogen) atoms. The fraction of sp³-hybridized carbons (Fsp3) is 0.500. The van der Waals surface area contributed by atoms with E-state index in [0.717, 1.165) is 0 Å². The number of rotatable bonds is 7. The van der Waals surface area contributed by atoms with Crippen LogP contribution in [0, 0.1) is 6.92 Å². The molecule has 0 aliphatic heterocycles. The minimum absolute atomic E-state index is 0.0645. The molecule has 0 bridgehead atoms. The van der Waals surface area contributed by atoms with Crippen molar-refractivity contribution in [2.75, 3.05) is 13.1 Å². The topological polar surface area (TPSA) is 78.4 Å². The molecule has 0 aliphatic rings. The summed E-state index contributed by atoms with van der Waals surface area (Å²) >= 11 is 0. The molecule has 1 aromatic carbocycles. The summed E-state index contributed by atoms with van der Waals surface area (Å²) in [6.07, 6.45) is 0.499. The number of carboxylic acid groups (broad SMARTS) is 1. The smallest absolute Gasteiger partial charge is 0.314 e. The largest absolute Gasteiger partial charge is 0.481 e. The molecule has 0 fully saturated rings. The van der Waals surface area contributed by atoms with Gasteiger partial charge in [0.15, 0.2) is 0 Å². The number of aliphatic carboxylic acids is 1. The van der Waals surface area contributed by atoms with Gasteiger partial charge in [-0.2, -0.15) is 0 Å². The van der Waals surface area contributed by atoms with Gasteiger partial charge < -0.3 is 15.7 Å². The third-order valence-electron chi connectivity index (χ3n) is 3.42. The Hall–Kier alpha value is -2.04. The first-order valence-corrected chi connectivity index (χ1v) is 7.12. The Balaban J connectivity index is 2.41. The lowest BCUT2D eigenvalue weighted by molar-refractivity contribution is -0.137. The zero-order valence-electron chi connectivity index (χ0n) is 12.9. The molecule has 3 N–H and O–H groups in total. The zero-order valence-corrected chi connectivity index (χ0v) is 12.9. The van der Waals surface area contributed by atoms with Crippen molar-refractivity contribution in [2.24, 2.45) is 0 Å². The summed E-state index contributed by atoms with van der Waals surface area (Å²) in [4.78, 5) is 22.0. The Morgan fingerprint density at radius 1 is 1.19 bits per heavy atom. The van der Waals surface area contributed by atoms with Gasteiger partial charge in [0.1, 0.15) is 0 Å². The molecule has 5 nitrogen and oxygen atoms in total. The van der Waals surface area contributed by atoms with Crippen molar-refractivity contribution in [2.45, 2.75) is 39.0 Å². The quantitative estimate of drug-likeness (QED) is 0.675. The van der Waals surface area contributed by atoms with Gasteiger partial charge in [0.05, 0.1) is 0 Å². The van der Waals surface area contributed by atoms with Crippen molar-refractivity contribution >= 4 is 12.0 Å². The first-order valence-electron chi connectivity index (χ1n) is 7.12. The monoisotopic (exact) mass is 292 g/mol. The SMILES string of the molecule is Cc1ccccc1C(C)(C)CNC(=O)NCCCC(=O)O. The molecule has 0 spiro atoms. The van der Waals surface area contributed by atoms with Gasteiger partial charge in [0.25, 0.3) is 0 Å². The number of carbonyl (C=O) groups excluding carboxylic acids is 1. The van der Waals surface area contributed by atoms with Crippen molar-refractivity contribution < 1.29 is 14.7 Å². The number of amides is 2. The van der Waals surface area contributed by atoms with Gasteiger partial charge in [-0.05, 0) is 24.5 Å². The number of benzene rings is 1. The Morgan fingerprint density at radius 3 is 2.48 bits per heavy atom. The summed E-state index contributed by atoms with van der Waals surface area (Å²) < 4.78 is 0. The summed E-state index contributed by atoms with van der Waals surface area (Å²) in [5.41, 5.74) is 2.24. The maximum absolute atomic E-state index is 11.7. The van der Waals surface area contributed by atoms with Crippen molar-refractivity contribution in [3.63, 3.8) is 0 Å². The van der Waals surface area contributed by atoms with Gasteiger partial charge in [-0.25, -0.2) is 4.79 Å². The molecule has 0 aromatic heterocycles. The number of carboxylic acids is 1. The van der Waals surface area contributed by atoms with Crippen molar-refractivity contribution in [1.82, 2.24) is 10.6 Å². The Kier molecular flexibility index (Phi) is 6.21. The summed E-state index contributed by atoms with van der Waals surface area (Å²) in [6, 6.07) is 7.86. The first-order chi connectivity index (χ1) is 9.83. The number of carbonyl (C=O) groups is 2. The van der Waals surface area contributed by atoms with Crippen LogP contribution in [0.25, 0.3) is 0 Å². The van der Waals surface area contributed by atoms with Crippen LogP contribution in [-0.2, 0) is 10.2 Å². The highest BCUT2D eigenvalue weighted by molar-refractivity contribution is 5.74. The summed E-state index contributed by atoms with van der Waals surface area (Å²) in [5, 5.41) is 14.0. The Labute approximate surface area is 125 Å². The van der Waals surface area contributed by atoms with E-state index in [2.05, 4.69) is 43.5 Å². The van der Waals surface area contributed by atoms with E-state index >= 15 is 0 Å². The highest BCUT2D eigenvalue weighted by Crippen LogP contribution is 2.25. The van der Waals surface area contributed by atoms with E-state index in [1.165, 1.54) is 11.1 Å². The van der Waals surface area contributed by atoms with Gasteiger partial charge in [-0.3, -0.25) is 4.79 Å². The third kappa shape index (κ3) is 5.85. The highest BCUT2D eigenvalue weighted by Gasteiger charge is 2.22. The number of aryl methyl sites for hydroxylation is 1. The fourth-order valence-electron chi connectivity index (χ4n) is 2.23.